The van der Waals surface area contributed by atoms with E-state index in [1.807, 2.05) is 23.1 Å². The third-order valence-electron chi connectivity index (χ3n) is 5.66. The molecule has 1 aliphatic heterocycles. The average Bonchev–Trinajstić information content (AvgIpc) is 2.80. The van der Waals surface area contributed by atoms with Crippen LogP contribution in [0, 0.1) is 5.82 Å². The topological polar surface area (TPSA) is 76.5 Å². The number of anilines is 1. The van der Waals surface area contributed by atoms with Gasteiger partial charge in [-0.1, -0.05) is 18.2 Å². The van der Waals surface area contributed by atoms with Crippen LogP contribution in [0.5, 0.6) is 0 Å². The van der Waals surface area contributed by atoms with Crippen LogP contribution in [0.25, 0.3) is 5.69 Å². The molecule has 1 saturated heterocycles. The van der Waals surface area contributed by atoms with E-state index in [-0.39, 0.29) is 22.5 Å². The number of benzene rings is 2. The smallest absolute Gasteiger partial charge is 0.209 e. The second kappa shape index (κ2) is 9.36. The van der Waals surface area contributed by atoms with E-state index in [0.29, 0.717) is 37.3 Å². The van der Waals surface area contributed by atoms with Crippen molar-refractivity contribution < 1.29 is 8.78 Å². The maximum absolute atomic E-state index is 15.1. The summed E-state index contributed by atoms with van der Waals surface area (Å²) in [4.78, 5) is 19.0. The Morgan fingerprint density at radius 1 is 1.15 bits per heavy atom. The molecule has 0 aliphatic carbocycles. The van der Waals surface area contributed by atoms with E-state index < -0.39 is 11.5 Å². The summed E-state index contributed by atoms with van der Waals surface area (Å²) in [6.07, 6.45) is 4.97. The fourth-order valence-electron chi connectivity index (χ4n) is 3.73. The lowest BCUT2D eigenvalue weighted by atomic mass is 9.95. The highest BCUT2D eigenvalue weighted by Gasteiger charge is 2.29. The first-order valence-electron chi connectivity index (χ1n) is 10.7. The zero-order valence-corrected chi connectivity index (χ0v) is 18.3. The summed E-state index contributed by atoms with van der Waals surface area (Å²) in [5, 5.41) is 4.34. The van der Waals surface area contributed by atoms with Gasteiger partial charge in [-0.05, 0) is 62.4 Å². The molecule has 33 heavy (non-hydrogen) atoms. The largest absolute Gasteiger partial charge is 0.405 e. The molecule has 4 rings (SSSR count). The summed E-state index contributed by atoms with van der Waals surface area (Å²) >= 11 is 0. The number of halogens is 2. The molecule has 0 bridgehead atoms. The molecule has 2 N–H and O–H groups in total. The predicted molar refractivity (Wildman–Crippen MR) is 127 cm³/mol. The predicted octanol–water partition coefficient (Wildman–Crippen LogP) is 4.29. The number of allylic oxidation sites excluding steroid dienone is 1. The first-order valence-corrected chi connectivity index (χ1v) is 10.7. The third-order valence-corrected chi connectivity index (χ3v) is 5.66. The van der Waals surface area contributed by atoms with Crippen LogP contribution >= 0.6 is 0 Å². The Hall–Kier alpha value is -3.81. The highest BCUT2D eigenvalue weighted by Crippen LogP contribution is 2.30. The van der Waals surface area contributed by atoms with Crippen molar-refractivity contribution >= 4 is 17.1 Å². The number of aromatic nitrogens is 2. The minimum absolute atomic E-state index is 0.0461. The summed E-state index contributed by atoms with van der Waals surface area (Å²) in [7, 11) is 0. The highest BCUT2D eigenvalue weighted by molar-refractivity contribution is 6.08. The summed E-state index contributed by atoms with van der Waals surface area (Å²) in [6, 6.07) is 15.2. The maximum atomic E-state index is 15.1. The van der Waals surface area contributed by atoms with Crippen molar-refractivity contribution in [3.8, 4) is 5.69 Å². The number of alkyl halides is 1. The standard InChI is InChI=1S/C25H25F2N5O/c1-25(27)11-15-31(16-12-25)19-7-8-22(20(26)17-19)32-14-10-23(33)24(30-32)21(9-13-28)29-18-5-3-2-4-6-18/h2-10,13-14,17H,11-12,15-16,28H2,1H3. The van der Waals surface area contributed by atoms with E-state index >= 15 is 4.39 Å². The fourth-order valence-corrected chi connectivity index (χ4v) is 3.73. The summed E-state index contributed by atoms with van der Waals surface area (Å²) < 4.78 is 30.5. The molecule has 2 aromatic carbocycles. The monoisotopic (exact) mass is 449 g/mol. The van der Waals surface area contributed by atoms with Gasteiger partial charge in [0.15, 0.2) is 11.5 Å². The van der Waals surface area contributed by atoms with Gasteiger partial charge in [0, 0.05) is 31.0 Å². The van der Waals surface area contributed by atoms with Gasteiger partial charge in [0.1, 0.15) is 11.4 Å². The number of piperidine rings is 1. The van der Waals surface area contributed by atoms with Crippen LogP contribution in [0.1, 0.15) is 25.5 Å². The molecule has 0 atom stereocenters. The molecular formula is C25H25F2N5O. The second-order valence-electron chi connectivity index (χ2n) is 8.20. The van der Waals surface area contributed by atoms with Crippen molar-refractivity contribution in [1.29, 1.82) is 0 Å². The Morgan fingerprint density at radius 2 is 1.88 bits per heavy atom. The van der Waals surface area contributed by atoms with E-state index in [9.17, 15) is 9.18 Å². The maximum Gasteiger partial charge on any atom is 0.209 e. The molecule has 0 unspecified atom stereocenters. The molecule has 1 aromatic heterocycles. The van der Waals surface area contributed by atoms with Gasteiger partial charge in [-0.25, -0.2) is 18.5 Å². The van der Waals surface area contributed by atoms with Crippen molar-refractivity contribution in [3.63, 3.8) is 0 Å². The van der Waals surface area contributed by atoms with Crippen molar-refractivity contribution in [2.24, 2.45) is 10.7 Å². The molecule has 3 aromatic rings. The van der Waals surface area contributed by atoms with Crippen LogP contribution < -0.4 is 16.1 Å². The quantitative estimate of drug-likeness (QED) is 0.590. The Kier molecular flexibility index (Phi) is 6.35. The molecule has 0 saturated carbocycles. The number of nitrogens with zero attached hydrogens (tertiary/aromatic N) is 4. The molecule has 0 radical (unpaired) electrons. The Balaban J connectivity index is 1.67. The number of nitrogens with two attached hydrogens (primary N) is 1. The first kappa shape index (κ1) is 22.4. The van der Waals surface area contributed by atoms with E-state index in [2.05, 4.69) is 10.1 Å². The van der Waals surface area contributed by atoms with Crippen LogP contribution in [-0.2, 0) is 0 Å². The van der Waals surface area contributed by atoms with Crippen molar-refractivity contribution in [3.05, 3.63) is 94.8 Å². The number of hydrogen-bond acceptors (Lipinski definition) is 5. The normalized spacial score (nSPS) is 16.3. The molecule has 8 heteroatoms. The SMILES string of the molecule is CC1(F)CCN(c2ccc(-n3ccc(=O)c(C(C=CN)=Nc4ccccc4)n3)c(F)c2)CC1. The van der Waals surface area contributed by atoms with Crippen molar-refractivity contribution in [2.75, 3.05) is 18.0 Å². The third kappa shape index (κ3) is 5.16. The van der Waals surface area contributed by atoms with Gasteiger partial charge in [-0.15, -0.1) is 0 Å². The van der Waals surface area contributed by atoms with Crippen LogP contribution in [0.3, 0.4) is 0 Å². The number of para-hydroxylation sites is 1. The van der Waals surface area contributed by atoms with Crippen molar-refractivity contribution in [1.82, 2.24) is 9.78 Å². The average molecular weight is 450 g/mol. The molecule has 0 amide bonds. The number of hydrogen-bond donors (Lipinski definition) is 1. The number of rotatable bonds is 5. The highest BCUT2D eigenvalue weighted by atomic mass is 19.1. The Morgan fingerprint density at radius 3 is 2.55 bits per heavy atom. The van der Waals surface area contributed by atoms with Crippen molar-refractivity contribution in [2.45, 2.75) is 25.4 Å². The summed E-state index contributed by atoms with van der Waals surface area (Å²) in [5.74, 6) is -0.501. The number of aliphatic imine (C=N–C) groups is 1. The Bertz CT molecular complexity index is 1240. The van der Waals surface area contributed by atoms with Crippen LogP contribution in [0.15, 0.2) is 82.9 Å². The zero-order valence-electron chi connectivity index (χ0n) is 18.3. The van der Waals surface area contributed by atoms with Gasteiger partial charge in [-0.3, -0.25) is 4.79 Å². The van der Waals surface area contributed by atoms with Crippen LogP contribution in [0.4, 0.5) is 20.2 Å². The fraction of sp³-hybridized carbons (Fsp3) is 0.240. The molecule has 1 aliphatic rings. The van der Waals surface area contributed by atoms with Gasteiger partial charge in [0.25, 0.3) is 0 Å². The zero-order chi connectivity index (χ0) is 23.4. The lowest BCUT2D eigenvalue weighted by molar-refractivity contribution is 0.149. The molecule has 6 nitrogen and oxygen atoms in total. The van der Waals surface area contributed by atoms with E-state index in [1.165, 1.54) is 35.3 Å². The minimum atomic E-state index is -1.18. The molecular weight excluding hydrogens is 424 g/mol. The van der Waals surface area contributed by atoms with Gasteiger partial charge >= 0.3 is 0 Å². The van der Waals surface area contributed by atoms with Gasteiger partial charge in [0.05, 0.1) is 11.4 Å². The van der Waals surface area contributed by atoms with E-state index in [0.717, 1.165) is 0 Å². The minimum Gasteiger partial charge on any atom is -0.405 e. The van der Waals surface area contributed by atoms with Crippen LogP contribution in [-0.4, -0.2) is 34.3 Å². The lowest BCUT2D eigenvalue weighted by Gasteiger charge is -2.35. The van der Waals surface area contributed by atoms with Gasteiger partial charge in [0.2, 0.25) is 5.43 Å². The van der Waals surface area contributed by atoms with E-state index in [4.69, 9.17) is 5.73 Å². The lowest BCUT2D eigenvalue weighted by Crippen LogP contribution is -2.40. The summed E-state index contributed by atoms with van der Waals surface area (Å²) in [6.45, 7) is 2.65. The second-order valence-corrected chi connectivity index (χ2v) is 8.20. The molecule has 1 fully saturated rings. The van der Waals surface area contributed by atoms with Gasteiger partial charge in [-0.2, -0.15) is 5.10 Å². The molecule has 2 heterocycles. The summed E-state index contributed by atoms with van der Waals surface area (Å²) in [5.41, 5.74) is 5.83. The first-order chi connectivity index (χ1) is 15.9. The Labute approximate surface area is 190 Å². The molecule has 0 spiro atoms. The van der Waals surface area contributed by atoms with Crippen LogP contribution in [0.2, 0.25) is 0 Å². The molecule has 170 valence electrons. The van der Waals surface area contributed by atoms with E-state index in [1.54, 1.807) is 31.2 Å². The van der Waals surface area contributed by atoms with Gasteiger partial charge < -0.3 is 10.6 Å².